The first-order valence-corrected chi connectivity index (χ1v) is 5.05. The molecule has 0 amide bonds. The molecule has 0 spiro atoms. The first-order chi connectivity index (χ1) is 7.38. The molecule has 0 saturated heterocycles. The molecule has 1 aromatic carbocycles. The molecule has 0 aliphatic rings. The third-order valence-electron chi connectivity index (χ3n) is 2.43. The molecular weight excluding hydrogens is 184 g/mol. The van der Waals surface area contributed by atoms with Gasteiger partial charge in [0, 0.05) is 18.9 Å². The fourth-order valence-corrected chi connectivity index (χ4v) is 1.50. The summed E-state index contributed by atoms with van der Waals surface area (Å²) in [4.78, 5) is 4.01. The molecular formula is C13H14N2. The van der Waals surface area contributed by atoms with E-state index >= 15 is 0 Å². The van der Waals surface area contributed by atoms with Crippen molar-refractivity contribution >= 4 is 6.08 Å². The molecule has 0 N–H and O–H groups in total. The van der Waals surface area contributed by atoms with E-state index in [1.54, 1.807) is 6.20 Å². The molecule has 76 valence electrons. The third-order valence-corrected chi connectivity index (χ3v) is 2.43. The van der Waals surface area contributed by atoms with Gasteiger partial charge >= 0.3 is 0 Å². The Balaban J connectivity index is 1.96. The lowest BCUT2D eigenvalue weighted by molar-refractivity contribution is 0.696. The van der Waals surface area contributed by atoms with Gasteiger partial charge < -0.3 is 4.57 Å². The average molecular weight is 198 g/mol. The molecule has 2 nitrogen and oxygen atoms in total. The highest BCUT2D eigenvalue weighted by Gasteiger charge is 1.94. The second kappa shape index (κ2) is 4.60. The molecule has 0 radical (unpaired) electrons. The van der Waals surface area contributed by atoms with Gasteiger partial charge in [-0.15, -0.1) is 0 Å². The van der Waals surface area contributed by atoms with Gasteiger partial charge in [-0.05, 0) is 17.5 Å². The zero-order valence-corrected chi connectivity index (χ0v) is 8.63. The van der Waals surface area contributed by atoms with Crippen molar-refractivity contribution in [2.45, 2.75) is 13.0 Å². The number of rotatable bonds is 4. The molecule has 2 rings (SSSR count). The molecule has 0 bridgehead atoms. The summed E-state index contributed by atoms with van der Waals surface area (Å²) in [5, 5.41) is 0. The molecule has 0 unspecified atom stereocenters. The van der Waals surface area contributed by atoms with Crippen molar-refractivity contribution < 1.29 is 0 Å². The lowest BCUT2D eigenvalue weighted by Crippen LogP contribution is -1.98. The van der Waals surface area contributed by atoms with Gasteiger partial charge in [-0.25, -0.2) is 4.98 Å². The molecule has 0 aliphatic heterocycles. The molecule has 0 atom stereocenters. The summed E-state index contributed by atoms with van der Waals surface area (Å²) in [6.07, 6.45) is 8.53. The Morgan fingerprint density at radius 2 is 2.07 bits per heavy atom. The molecule has 0 fully saturated rings. The van der Waals surface area contributed by atoms with Gasteiger partial charge in [0.1, 0.15) is 0 Å². The molecule has 15 heavy (non-hydrogen) atoms. The lowest BCUT2D eigenvalue weighted by atomic mass is 10.1. The maximum absolute atomic E-state index is 4.01. The van der Waals surface area contributed by atoms with Crippen molar-refractivity contribution in [3.8, 4) is 0 Å². The van der Waals surface area contributed by atoms with Crippen LogP contribution < -0.4 is 0 Å². The van der Waals surface area contributed by atoms with Crippen LogP contribution >= 0.6 is 0 Å². The molecule has 1 heterocycles. The molecule has 2 heteroatoms. The monoisotopic (exact) mass is 198 g/mol. The Morgan fingerprint density at radius 3 is 2.67 bits per heavy atom. The van der Waals surface area contributed by atoms with E-state index in [1.165, 1.54) is 11.1 Å². The van der Waals surface area contributed by atoms with Crippen LogP contribution in [0, 0.1) is 0 Å². The van der Waals surface area contributed by atoms with Crippen molar-refractivity contribution in [3.05, 3.63) is 60.7 Å². The first-order valence-electron chi connectivity index (χ1n) is 5.05. The van der Waals surface area contributed by atoms with Crippen molar-refractivity contribution in [2.75, 3.05) is 0 Å². The minimum absolute atomic E-state index is 0.980. The summed E-state index contributed by atoms with van der Waals surface area (Å²) in [5.41, 5.74) is 2.51. The van der Waals surface area contributed by atoms with E-state index in [0.29, 0.717) is 0 Å². The minimum atomic E-state index is 0.980. The predicted molar refractivity (Wildman–Crippen MR) is 62.5 cm³/mol. The number of aromatic nitrogens is 2. The largest absolute Gasteiger partial charge is 0.337 e. The van der Waals surface area contributed by atoms with Gasteiger partial charge in [0.2, 0.25) is 0 Å². The van der Waals surface area contributed by atoms with E-state index in [1.807, 2.05) is 18.6 Å². The molecule has 2 aromatic rings. The maximum Gasteiger partial charge on any atom is 0.0946 e. The summed E-state index contributed by atoms with van der Waals surface area (Å²) < 4.78 is 2.08. The highest BCUT2D eigenvalue weighted by atomic mass is 15.0. The van der Waals surface area contributed by atoms with Gasteiger partial charge in [0.05, 0.1) is 6.33 Å². The van der Waals surface area contributed by atoms with Gasteiger partial charge in [-0.1, -0.05) is 36.9 Å². The number of nitrogens with zero attached hydrogens (tertiary/aromatic N) is 2. The van der Waals surface area contributed by atoms with E-state index < -0.39 is 0 Å². The standard InChI is InChI=1S/C13H14N2/c1-2-12-3-5-13(6-4-12)7-9-15-10-8-14-11-15/h2-6,8,10-11H,1,7,9H2. The fraction of sp³-hybridized carbons (Fsp3) is 0.154. The van der Waals surface area contributed by atoms with Crippen LogP contribution in [0.1, 0.15) is 11.1 Å². The number of hydrogen-bond donors (Lipinski definition) is 0. The van der Waals surface area contributed by atoms with Gasteiger partial charge in [-0.2, -0.15) is 0 Å². The fourth-order valence-electron chi connectivity index (χ4n) is 1.50. The van der Waals surface area contributed by atoms with Crippen LogP contribution in [0.2, 0.25) is 0 Å². The van der Waals surface area contributed by atoms with Gasteiger partial charge in [0.15, 0.2) is 0 Å². The van der Waals surface area contributed by atoms with E-state index in [-0.39, 0.29) is 0 Å². The van der Waals surface area contributed by atoms with E-state index in [9.17, 15) is 0 Å². The number of hydrogen-bond acceptors (Lipinski definition) is 1. The van der Waals surface area contributed by atoms with E-state index in [4.69, 9.17) is 0 Å². The number of benzene rings is 1. The SMILES string of the molecule is C=Cc1ccc(CCn2ccnc2)cc1. The van der Waals surface area contributed by atoms with E-state index in [2.05, 4.69) is 40.4 Å². The minimum Gasteiger partial charge on any atom is -0.337 e. The van der Waals surface area contributed by atoms with Crippen LogP contribution in [-0.2, 0) is 13.0 Å². The van der Waals surface area contributed by atoms with Gasteiger partial charge in [0.25, 0.3) is 0 Å². The number of imidazole rings is 1. The van der Waals surface area contributed by atoms with Crippen molar-refractivity contribution in [1.82, 2.24) is 9.55 Å². The highest BCUT2D eigenvalue weighted by Crippen LogP contribution is 2.06. The smallest absolute Gasteiger partial charge is 0.0946 e. The highest BCUT2D eigenvalue weighted by molar-refractivity contribution is 5.47. The topological polar surface area (TPSA) is 17.8 Å². The van der Waals surface area contributed by atoms with Crippen LogP contribution in [0.5, 0.6) is 0 Å². The maximum atomic E-state index is 4.01. The van der Waals surface area contributed by atoms with E-state index in [0.717, 1.165) is 13.0 Å². The Bertz CT molecular complexity index is 412. The zero-order valence-electron chi connectivity index (χ0n) is 8.63. The summed E-state index contributed by atoms with van der Waals surface area (Å²) >= 11 is 0. The number of aryl methyl sites for hydroxylation is 2. The van der Waals surface area contributed by atoms with Crippen molar-refractivity contribution in [1.29, 1.82) is 0 Å². The summed E-state index contributed by atoms with van der Waals surface area (Å²) in [7, 11) is 0. The lowest BCUT2D eigenvalue weighted by Gasteiger charge is -2.02. The summed E-state index contributed by atoms with van der Waals surface area (Å²) in [6.45, 7) is 4.71. The second-order valence-electron chi connectivity index (χ2n) is 3.50. The van der Waals surface area contributed by atoms with Crippen LogP contribution in [0.25, 0.3) is 6.08 Å². The van der Waals surface area contributed by atoms with Crippen molar-refractivity contribution in [2.24, 2.45) is 0 Å². The quantitative estimate of drug-likeness (QED) is 0.738. The Labute approximate surface area is 89.9 Å². The van der Waals surface area contributed by atoms with Crippen LogP contribution in [0.3, 0.4) is 0 Å². The predicted octanol–water partition coefficient (Wildman–Crippen LogP) is 2.77. The van der Waals surface area contributed by atoms with Gasteiger partial charge in [-0.3, -0.25) is 0 Å². The van der Waals surface area contributed by atoms with Crippen molar-refractivity contribution in [3.63, 3.8) is 0 Å². The summed E-state index contributed by atoms with van der Waals surface area (Å²) in [6, 6.07) is 8.48. The third kappa shape index (κ3) is 2.56. The molecule has 0 saturated carbocycles. The molecule has 0 aliphatic carbocycles. The average Bonchev–Trinajstić information content (AvgIpc) is 2.80. The second-order valence-corrected chi connectivity index (χ2v) is 3.50. The van der Waals surface area contributed by atoms with Crippen LogP contribution in [0.4, 0.5) is 0 Å². The zero-order chi connectivity index (χ0) is 10.5. The summed E-state index contributed by atoms with van der Waals surface area (Å²) in [5.74, 6) is 0. The Hall–Kier alpha value is -1.83. The van der Waals surface area contributed by atoms with Crippen LogP contribution in [0.15, 0.2) is 49.6 Å². The molecule has 1 aromatic heterocycles. The Morgan fingerprint density at radius 1 is 1.27 bits per heavy atom. The normalized spacial score (nSPS) is 10.1. The van der Waals surface area contributed by atoms with Crippen LogP contribution in [-0.4, -0.2) is 9.55 Å². The Kier molecular flexibility index (Phi) is 2.98. The first kappa shape index (κ1) is 9.71.